The molecule has 398 valence electrons. The summed E-state index contributed by atoms with van der Waals surface area (Å²) in [6.45, 7) is 4.01. The van der Waals surface area contributed by atoms with E-state index in [-0.39, 0.29) is 25.2 Å². The van der Waals surface area contributed by atoms with Crippen LogP contribution in [0.4, 0.5) is 0 Å². The molecule has 0 radical (unpaired) electrons. The molecule has 5 nitrogen and oxygen atoms in total. The first-order valence-electron chi connectivity index (χ1n) is 29.1. The summed E-state index contributed by atoms with van der Waals surface area (Å²) in [4.78, 5) is 24.5. The van der Waals surface area contributed by atoms with Crippen molar-refractivity contribution < 1.29 is 24.2 Å². The van der Waals surface area contributed by atoms with Crippen LogP contribution in [0.3, 0.4) is 0 Å². The second-order valence-corrected chi connectivity index (χ2v) is 19.0. The molecule has 0 fully saturated rings. The van der Waals surface area contributed by atoms with Gasteiger partial charge < -0.3 is 14.6 Å². The molecule has 1 unspecified atom stereocenters. The van der Waals surface area contributed by atoms with Crippen molar-refractivity contribution in [1.29, 1.82) is 0 Å². The lowest BCUT2D eigenvalue weighted by atomic mass is 10.0. The number of hydrogen-bond donors (Lipinski definition) is 1. The second-order valence-electron chi connectivity index (χ2n) is 19.0. The largest absolute Gasteiger partial charge is 0.462 e. The van der Waals surface area contributed by atoms with Crippen molar-refractivity contribution in [2.75, 3.05) is 13.2 Å². The van der Waals surface area contributed by atoms with E-state index >= 15 is 0 Å². The van der Waals surface area contributed by atoms with Crippen LogP contribution in [-0.2, 0) is 19.1 Å². The molecule has 0 amide bonds. The Morgan fingerprint density at radius 2 is 0.614 bits per heavy atom. The van der Waals surface area contributed by atoms with Crippen molar-refractivity contribution in [3.05, 3.63) is 122 Å². The highest BCUT2D eigenvalue weighted by Gasteiger charge is 2.16. The first-order chi connectivity index (χ1) is 34.6. The van der Waals surface area contributed by atoms with E-state index in [1.807, 2.05) is 0 Å². The number of carbonyl (C=O) groups excluding carboxylic acids is 2. The molecular formula is C65H108O5. The van der Waals surface area contributed by atoms with Gasteiger partial charge >= 0.3 is 11.9 Å². The second kappa shape index (κ2) is 59.6. The van der Waals surface area contributed by atoms with Crippen LogP contribution in [0, 0.1) is 0 Å². The lowest BCUT2D eigenvalue weighted by Crippen LogP contribution is -2.28. The Labute approximate surface area is 433 Å². The third-order valence-electron chi connectivity index (χ3n) is 12.2. The van der Waals surface area contributed by atoms with Gasteiger partial charge in [-0.05, 0) is 109 Å². The molecule has 0 saturated heterocycles. The van der Waals surface area contributed by atoms with Gasteiger partial charge in [0.2, 0.25) is 0 Å². The topological polar surface area (TPSA) is 72.8 Å². The molecule has 70 heavy (non-hydrogen) atoms. The molecule has 0 aromatic rings. The van der Waals surface area contributed by atoms with Gasteiger partial charge in [-0.15, -0.1) is 0 Å². The summed E-state index contributed by atoms with van der Waals surface area (Å²) in [5.41, 5.74) is 0. The van der Waals surface area contributed by atoms with E-state index in [2.05, 4.69) is 135 Å². The van der Waals surface area contributed by atoms with Gasteiger partial charge in [0.15, 0.2) is 6.10 Å². The van der Waals surface area contributed by atoms with E-state index in [0.717, 1.165) is 96.3 Å². The van der Waals surface area contributed by atoms with Crippen LogP contribution >= 0.6 is 0 Å². The monoisotopic (exact) mass is 969 g/mol. The van der Waals surface area contributed by atoms with E-state index < -0.39 is 6.10 Å². The molecule has 1 N–H and O–H groups in total. The highest BCUT2D eigenvalue weighted by Crippen LogP contribution is 2.15. The minimum Gasteiger partial charge on any atom is -0.462 e. The number of aliphatic hydroxyl groups is 1. The van der Waals surface area contributed by atoms with Gasteiger partial charge in [0.1, 0.15) is 6.61 Å². The Hall–Kier alpha value is -3.70. The SMILES string of the molecule is CC/C=C\C/C=C\C/C=C\C/C=C\C/C=C\C/C=C\C/C=C\CCCCCCCCCCCCCC(=O)OC(CO)COC(=O)CCCCCCCCCC/C=C\C/C=C\C/C=C\CCCCCCC. The molecule has 0 spiro atoms. The Balaban J connectivity index is 3.56. The highest BCUT2D eigenvalue weighted by atomic mass is 16.6. The van der Waals surface area contributed by atoms with Crippen LogP contribution in [0.5, 0.6) is 0 Å². The Morgan fingerprint density at radius 1 is 0.343 bits per heavy atom. The van der Waals surface area contributed by atoms with Gasteiger partial charge in [0.05, 0.1) is 6.61 Å². The molecule has 0 bridgehead atoms. The fraction of sp³-hybridized carbons (Fsp3) is 0.662. The minimum absolute atomic E-state index is 0.0767. The van der Waals surface area contributed by atoms with E-state index in [9.17, 15) is 14.7 Å². The van der Waals surface area contributed by atoms with Crippen LogP contribution in [0.2, 0.25) is 0 Å². The molecular weight excluding hydrogens is 861 g/mol. The molecule has 1 atom stereocenters. The standard InChI is InChI=1S/C65H108O5/c1-3-5-7-9-11-13-15-17-19-21-23-25-27-28-29-30-31-32-33-34-35-36-38-40-42-44-46-48-50-52-54-56-58-60-65(68)70-63(61-66)62-69-64(67)59-57-55-53-51-49-47-45-43-41-39-37-26-24-22-20-18-16-14-12-10-8-6-4-2/h5,7,11,13,16-19,22-25,28-29,31-32,34-35,37,39,63,66H,3-4,6,8-10,12,14-15,20-21,26-27,30,33,36,38,40-62H2,1-2H3/b7-5-,13-11-,18-16-,19-17-,24-22-,25-23-,29-28-,32-31-,35-34-,39-37-. The van der Waals surface area contributed by atoms with Gasteiger partial charge in [0, 0.05) is 12.8 Å². The first-order valence-corrected chi connectivity index (χ1v) is 29.1. The predicted molar refractivity (Wildman–Crippen MR) is 306 cm³/mol. The van der Waals surface area contributed by atoms with Gasteiger partial charge in [-0.3, -0.25) is 9.59 Å². The van der Waals surface area contributed by atoms with Crippen LogP contribution in [0.15, 0.2) is 122 Å². The lowest BCUT2D eigenvalue weighted by Gasteiger charge is -2.15. The predicted octanol–water partition coefficient (Wildman–Crippen LogP) is 19.9. The fourth-order valence-electron chi connectivity index (χ4n) is 7.90. The molecule has 0 aliphatic carbocycles. The van der Waals surface area contributed by atoms with E-state index in [4.69, 9.17) is 9.47 Å². The molecule has 0 heterocycles. The fourth-order valence-corrected chi connectivity index (χ4v) is 7.90. The summed E-state index contributed by atoms with van der Waals surface area (Å²) >= 11 is 0. The number of aliphatic hydroxyl groups excluding tert-OH is 1. The summed E-state index contributed by atoms with van der Waals surface area (Å²) in [5, 5.41) is 9.66. The number of carbonyl (C=O) groups is 2. The molecule has 0 aliphatic rings. The summed E-state index contributed by atoms with van der Waals surface area (Å²) in [7, 11) is 0. The van der Waals surface area contributed by atoms with E-state index in [1.54, 1.807) is 0 Å². The molecule has 0 aromatic carbocycles. The average Bonchev–Trinajstić information content (AvgIpc) is 3.36. The summed E-state index contributed by atoms with van der Waals surface area (Å²) in [6, 6.07) is 0. The third kappa shape index (κ3) is 56.9. The van der Waals surface area contributed by atoms with Crippen molar-refractivity contribution in [3.63, 3.8) is 0 Å². The maximum absolute atomic E-state index is 12.3. The maximum atomic E-state index is 12.3. The normalized spacial score (nSPS) is 13.1. The van der Waals surface area contributed by atoms with Crippen LogP contribution in [0.1, 0.15) is 258 Å². The van der Waals surface area contributed by atoms with E-state index in [1.165, 1.54) is 135 Å². The zero-order chi connectivity index (χ0) is 50.6. The van der Waals surface area contributed by atoms with Crippen molar-refractivity contribution in [1.82, 2.24) is 0 Å². The maximum Gasteiger partial charge on any atom is 0.306 e. The van der Waals surface area contributed by atoms with Crippen LogP contribution in [-0.4, -0.2) is 36.4 Å². The Bertz CT molecular complexity index is 1420. The van der Waals surface area contributed by atoms with Gasteiger partial charge in [-0.2, -0.15) is 0 Å². The molecule has 0 saturated carbocycles. The van der Waals surface area contributed by atoms with Crippen molar-refractivity contribution >= 4 is 11.9 Å². The Morgan fingerprint density at radius 3 is 0.929 bits per heavy atom. The quantitative estimate of drug-likeness (QED) is 0.0374. The zero-order valence-electron chi connectivity index (χ0n) is 45.5. The summed E-state index contributed by atoms with van der Waals surface area (Å²) in [6.07, 6.45) is 87.3. The van der Waals surface area contributed by atoms with Gasteiger partial charge in [-0.1, -0.05) is 257 Å². The van der Waals surface area contributed by atoms with Crippen LogP contribution in [0.25, 0.3) is 0 Å². The number of hydrogen-bond acceptors (Lipinski definition) is 5. The van der Waals surface area contributed by atoms with Crippen molar-refractivity contribution in [3.8, 4) is 0 Å². The first kappa shape index (κ1) is 66.3. The highest BCUT2D eigenvalue weighted by molar-refractivity contribution is 5.70. The molecule has 0 rings (SSSR count). The minimum atomic E-state index is -0.786. The van der Waals surface area contributed by atoms with Crippen molar-refractivity contribution in [2.24, 2.45) is 0 Å². The number of allylic oxidation sites excluding steroid dienone is 20. The smallest absolute Gasteiger partial charge is 0.306 e. The van der Waals surface area contributed by atoms with E-state index in [0.29, 0.717) is 12.8 Å². The van der Waals surface area contributed by atoms with Gasteiger partial charge in [0.25, 0.3) is 0 Å². The number of ether oxygens (including phenoxy) is 2. The Kier molecular flexibility index (Phi) is 56.5. The summed E-state index contributed by atoms with van der Waals surface area (Å²) in [5.74, 6) is -0.605. The molecule has 0 aromatic heterocycles. The third-order valence-corrected chi connectivity index (χ3v) is 12.2. The number of esters is 2. The zero-order valence-corrected chi connectivity index (χ0v) is 45.5. The number of unbranched alkanes of at least 4 members (excludes halogenated alkanes) is 24. The van der Waals surface area contributed by atoms with Gasteiger partial charge in [-0.25, -0.2) is 0 Å². The average molecular weight is 970 g/mol. The van der Waals surface area contributed by atoms with Crippen LogP contribution < -0.4 is 0 Å². The van der Waals surface area contributed by atoms with Crippen molar-refractivity contribution in [2.45, 2.75) is 264 Å². The molecule has 0 aliphatic heterocycles. The summed E-state index contributed by atoms with van der Waals surface area (Å²) < 4.78 is 10.7. The number of rotatable bonds is 52. The molecule has 5 heteroatoms. The lowest BCUT2D eigenvalue weighted by molar-refractivity contribution is -0.161.